The van der Waals surface area contributed by atoms with Gasteiger partial charge in [-0.2, -0.15) is 0 Å². The van der Waals surface area contributed by atoms with E-state index >= 15 is 0 Å². The number of ketones is 1. The van der Waals surface area contributed by atoms with Gasteiger partial charge in [-0.3, -0.25) is 9.69 Å². The van der Waals surface area contributed by atoms with Crippen LogP contribution in [0.4, 0.5) is 10.5 Å². The molecule has 3 aliphatic rings. The maximum Gasteiger partial charge on any atom is 0.410 e. The molecule has 3 N–H and O–H groups in total. The number of fused-ring (bicyclic) bond motifs is 1. The molecule has 3 aliphatic heterocycles. The van der Waals surface area contributed by atoms with Gasteiger partial charge in [0.05, 0.1) is 23.9 Å². The normalized spacial score (nSPS) is 39.5. The number of carbonyl (C=O) groups is 3. The molecule has 2 fully saturated rings. The van der Waals surface area contributed by atoms with E-state index in [1.54, 1.807) is 31.9 Å². The fourth-order valence-corrected chi connectivity index (χ4v) is 8.55. The molecule has 4 rings (SSSR count). The van der Waals surface area contributed by atoms with Crippen molar-refractivity contribution in [3.05, 3.63) is 41.5 Å². The minimum atomic E-state index is -1.31. The summed E-state index contributed by atoms with van der Waals surface area (Å²) in [4.78, 5) is 45.7. The standard InChI is InChI=1S/C39H61N3O9/c1-12-30-39(8)33(42(37(46)51-39)18-17-27-13-15-28(40)16-14-27)26(6)31(43)24(4)21-38(7,47-11)34(22(2)19-23(3)35(45)49-30)50-36-32(44)29(41(9)10)20-25(5)48-36/h13-16,19,22,24-26,29-30,32-34,36,44H,12,17-18,20-21,40H2,1-11H3/b23-19+/t22-,24+,25+,26-,29-,30?,32+,33+,34+,36-,38+,39+/m0/s1. The highest BCUT2D eigenvalue weighted by atomic mass is 16.7. The smallest absolute Gasteiger partial charge is 0.410 e. The minimum Gasteiger partial charge on any atom is -0.455 e. The van der Waals surface area contributed by atoms with Crippen molar-refractivity contribution < 1.29 is 43.2 Å². The van der Waals surface area contributed by atoms with E-state index in [1.165, 1.54) is 0 Å². The number of esters is 1. The number of ether oxygens (including phenoxy) is 5. The molecule has 3 heterocycles. The van der Waals surface area contributed by atoms with Gasteiger partial charge in [-0.25, -0.2) is 9.59 Å². The van der Waals surface area contributed by atoms with Gasteiger partial charge in [0.1, 0.15) is 18.0 Å². The molecule has 2 saturated heterocycles. The van der Waals surface area contributed by atoms with Crippen LogP contribution in [0.1, 0.15) is 80.2 Å². The van der Waals surface area contributed by atoms with Crippen molar-refractivity contribution in [3.8, 4) is 0 Å². The van der Waals surface area contributed by atoms with Crippen LogP contribution in [0.25, 0.3) is 0 Å². The first-order chi connectivity index (χ1) is 23.9. The number of cyclic esters (lactones) is 1. The first-order valence-corrected chi connectivity index (χ1v) is 18.3. The number of nitrogens with two attached hydrogens (primary N) is 1. The number of carbonyl (C=O) groups excluding carboxylic acids is 3. The Hall–Kier alpha value is -3.03. The van der Waals surface area contributed by atoms with Crippen LogP contribution in [0, 0.1) is 17.8 Å². The number of Topliss-reactive ketones (excluding diaryl/α,β-unsaturated/α-hetero) is 1. The van der Waals surface area contributed by atoms with Gasteiger partial charge in [0.15, 0.2) is 11.9 Å². The largest absolute Gasteiger partial charge is 0.455 e. The zero-order valence-electron chi connectivity index (χ0n) is 32.4. The Balaban J connectivity index is 1.76. The number of hydrogen-bond acceptors (Lipinski definition) is 11. The molecule has 286 valence electrons. The molecule has 0 spiro atoms. The van der Waals surface area contributed by atoms with Gasteiger partial charge in [0, 0.05) is 48.7 Å². The second-order valence-corrected chi connectivity index (χ2v) is 15.6. The fourth-order valence-electron chi connectivity index (χ4n) is 8.55. The van der Waals surface area contributed by atoms with Crippen LogP contribution in [0.15, 0.2) is 35.9 Å². The molecule has 1 unspecified atom stereocenters. The van der Waals surface area contributed by atoms with Crippen LogP contribution >= 0.6 is 0 Å². The molecule has 12 heteroatoms. The molecule has 12 atom stereocenters. The van der Waals surface area contributed by atoms with Gasteiger partial charge >= 0.3 is 12.1 Å². The van der Waals surface area contributed by atoms with Crippen molar-refractivity contribution in [1.82, 2.24) is 9.80 Å². The number of methoxy groups -OCH3 is 1. The van der Waals surface area contributed by atoms with Gasteiger partial charge in [-0.15, -0.1) is 0 Å². The topological polar surface area (TPSA) is 150 Å². The van der Waals surface area contributed by atoms with E-state index in [-0.39, 0.29) is 30.9 Å². The van der Waals surface area contributed by atoms with Crippen molar-refractivity contribution in [2.24, 2.45) is 17.8 Å². The van der Waals surface area contributed by atoms with E-state index in [0.29, 0.717) is 30.5 Å². The second kappa shape index (κ2) is 16.3. The number of aliphatic hydroxyl groups is 1. The van der Waals surface area contributed by atoms with Gasteiger partial charge in [0.2, 0.25) is 0 Å². The molecule has 0 bridgehead atoms. The van der Waals surface area contributed by atoms with Gasteiger partial charge in [0.25, 0.3) is 0 Å². The third-order valence-corrected chi connectivity index (χ3v) is 11.4. The predicted octanol–water partition coefficient (Wildman–Crippen LogP) is 4.76. The molecule has 12 nitrogen and oxygen atoms in total. The molecule has 0 radical (unpaired) electrons. The van der Waals surface area contributed by atoms with Crippen molar-refractivity contribution in [3.63, 3.8) is 0 Å². The summed E-state index contributed by atoms with van der Waals surface area (Å²) < 4.78 is 31.4. The number of nitrogen functional groups attached to an aromatic ring is 1. The highest BCUT2D eigenvalue weighted by Gasteiger charge is 2.60. The summed E-state index contributed by atoms with van der Waals surface area (Å²) in [5.41, 5.74) is 5.48. The lowest BCUT2D eigenvalue weighted by Crippen LogP contribution is -2.59. The van der Waals surface area contributed by atoms with Crippen molar-refractivity contribution in [1.29, 1.82) is 0 Å². The molecule has 1 aromatic carbocycles. The van der Waals surface area contributed by atoms with E-state index in [9.17, 15) is 19.5 Å². The van der Waals surface area contributed by atoms with E-state index in [4.69, 9.17) is 29.4 Å². The monoisotopic (exact) mass is 715 g/mol. The number of hydrogen-bond donors (Lipinski definition) is 2. The fraction of sp³-hybridized carbons (Fsp3) is 0.718. The molecule has 0 aliphatic carbocycles. The van der Waals surface area contributed by atoms with Crippen molar-refractivity contribution in [2.45, 2.75) is 135 Å². The SMILES string of the molecule is CCC1OC(=O)/C(C)=C/[C@H](C)[C@@H](O[C@@H]2O[C@H](C)C[C@H](N(C)C)[C@H]2O)[C@](C)(OC)C[C@@H](C)C(=O)[C@H](C)[C@H]2N(CCc3ccc(N)cc3)C(=O)O[C@]12C. The zero-order valence-corrected chi connectivity index (χ0v) is 32.4. The Morgan fingerprint density at radius 2 is 1.73 bits per heavy atom. The van der Waals surface area contributed by atoms with E-state index < -0.39 is 71.7 Å². The number of likely N-dealkylation sites (N-methyl/N-ethyl adjacent to an activating group) is 1. The molecular formula is C39H61N3O9. The van der Waals surface area contributed by atoms with Crippen LogP contribution in [0.2, 0.25) is 0 Å². The summed E-state index contributed by atoms with van der Waals surface area (Å²) in [6.07, 6.45) is -0.711. The maximum absolute atomic E-state index is 14.6. The first-order valence-electron chi connectivity index (χ1n) is 18.3. The van der Waals surface area contributed by atoms with Crippen molar-refractivity contribution >= 4 is 23.5 Å². The zero-order chi connectivity index (χ0) is 38.0. The second-order valence-electron chi connectivity index (χ2n) is 15.6. The number of anilines is 1. The van der Waals surface area contributed by atoms with Crippen molar-refractivity contribution in [2.75, 3.05) is 33.5 Å². The van der Waals surface area contributed by atoms with E-state index in [1.807, 2.05) is 84.8 Å². The highest BCUT2D eigenvalue weighted by molar-refractivity contribution is 5.88. The Labute approximate surface area is 303 Å². The Morgan fingerprint density at radius 3 is 2.31 bits per heavy atom. The number of rotatable bonds is 8. The summed E-state index contributed by atoms with van der Waals surface area (Å²) >= 11 is 0. The maximum atomic E-state index is 14.6. The van der Waals surface area contributed by atoms with E-state index in [2.05, 4.69) is 0 Å². The van der Waals surface area contributed by atoms with Gasteiger partial charge in [-0.1, -0.05) is 45.9 Å². The third kappa shape index (κ3) is 8.62. The van der Waals surface area contributed by atoms with Gasteiger partial charge < -0.3 is 39.4 Å². The summed E-state index contributed by atoms with van der Waals surface area (Å²) in [5.74, 6) is -2.33. The summed E-state index contributed by atoms with van der Waals surface area (Å²) in [6, 6.07) is 6.52. The summed E-state index contributed by atoms with van der Waals surface area (Å²) in [5, 5.41) is 11.4. The molecule has 0 saturated carbocycles. The number of benzene rings is 1. The van der Waals surface area contributed by atoms with Crippen LogP contribution in [0.3, 0.4) is 0 Å². The first kappa shape index (κ1) is 40.7. The number of aliphatic hydroxyl groups excluding tert-OH is 1. The lowest BCUT2D eigenvalue weighted by Gasteiger charge is -2.47. The summed E-state index contributed by atoms with van der Waals surface area (Å²) in [6.45, 7) is 15.0. The molecule has 1 aromatic rings. The summed E-state index contributed by atoms with van der Waals surface area (Å²) in [7, 11) is 5.40. The van der Waals surface area contributed by atoms with Crippen LogP contribution < -0.4 is 5.73 Å². The average Bonchev–Trinajstić information content (AvgIpc) is 3.34. The van der Waals surface area contributed by atoms with Crippen LogP contribution in [-0.4, -0.2) is 114 Å². The van der Waals surface area contributed by atoms with Gasteiger partial charge in [-0.05, 0) is 85.2 Å². The highest BCUT2D eigenvalue weighted by Crippen LogP contribution is 2.43. The van der Waals surface area contributed by atoms with Crippen LogP contribution in [0.5, 0.6) is 0 Å². The van der Waals surface area contributed by atoms with Crippen LogP contribution in [-0.2, 0) is 39.7 Å². The lowest BCUT2D eigenvalue weighted by atomic mass is 9.74. The lowest BCUT2D eigenvalue weighted by molar-refractivity contribution is -0.294. The molecular weight excluding hydrogens is 654 g/mol. The Kier molecular flexibility index (Phi) is 13.0. The minimum absolute atomic E-state index is 0.0862. The number of nitrogens with zero attached hydrogens (tertiary/aromatic N) is 2. The number of amides is 1. The van der Waals surface area contributed by atoms with E-state index in [0.717, 1.165) is 5.56 Å². The predicted molar refractivity (Wildman–Crippen MR) is 194 cm³/mol. The quantitative estimate of drug-likeness (QED) is 0.284. The third-order valence-electron chi connectivity index (χ3n) is 11.4. The Morgan fingerprint density at radius 1 is 1.08 bits per heavy atom. The molecule has 0 aromatic heterocycles. The molecule has 51 heavy (non-hydrogen) atoms. The molecule has 1 amide bonds. The Bertz CT molecular complexity index is 1420. The average molecular weight is 716 g/mol.